The van der Waals surface area contributed by atoms with Crippen LogP contribution in [-0.2, 0) is 19.4 Å². The SMILES string of the molecule is CC(C)(C)[Si](C)(C)OC1CC(OC(N)=O)C(=O)N(c2ccc(C3(CN)CC3)cc2)C1. The van der Waals surface area contributed by atoms with Gasteiger partial charge >= 0.3 is 6.09 Å². The summed E-state index contributed by atoms with van der Waals surface area (Å²) >= 11 is 0. The quantitative estimate of drug-likeness (QED) is 0.670. The van der Waals surface area contributed by atoms with Crippen molar-refractivity contribution >= 4 is 26.0 Å². The molecule has 2 aliphatic rings. The Balaban J connectivity index is 1.84. The Hall–Kier alpha value is -1.90. The van der Waals surface area contributed by atoms with E-state index in [0.717, 1.165) is 18.5 Å². The van der Waals surface area contributed by atoms with Crippen LogP contribution < -0.4 is 16.4 Å². The molecule has 1 aromatic rings. The fourth-order valence-electron chi connectivity index (χ4n) is 3.79. The fourth-order valence-corrected chi connectivity index (χ4v) is 5.15. The third-order valence-corrected chi connectivity index (χ3v) is 11.5. The molecule has 0 aromatic heterocycles. The number of piperidine rings is 1. The van der Waals surface area contributed by atoms with E-state index in [1.807, 2.05) is 24.3 Å². The maximum atomic E-state index is 13.0. The number of hydrogen-bond donors (Lipinski definition) is 2. The van der Waals surface area contributed by atoms with E-state index in [9.17, 15) is 9.59 Å². The van der Waals surface area contributed by atoms with Crippen LogP contribution in [0.1, 0.15) is 45.6 Å². The number of amides is 2. The zero-order valence-electron chi connectivity index (χ0n) is 18.7. The standard InChI is InChI=1S/C22H35N3O4Si/c1-21(2,3)30(4,5)29-17-12-18(28-20(24)27)19(26)25(13-17)16-8-6-15(7-9-16)22(14-23)10-11-22/h6-9,17-18H,10-14,23H2,1-5H3,(H2,24,27). The average Bonchev–Trinajstić information content (AvgIpc) is 3.44. The minimum Gasteiger partial charge on any atom is -0.436 e. The molecule has 166 valence electrons. The third-order valence-electron chi connectivity index (χ3n) is 6.97. The Bertz CT molecular complexity index is 800. The Morgan fingerprint density at radius 3 is 2.30 bits per heavy atom. The predicted octanol–water partition coefficient (Wildman–Crippen LogP) is 3.27. The van der Waals surface area contributed by atoms with Crippen molar-refractivity contribution in [3.63, 3.8) is 0 Å². The molecule has 1 heterocycles. The Labute approximate surface area is 180 Å². The number of nitrogens with zero attached hydrogens (tertiary/aromatic N) is 1. The first kappa shape index (κ1) is 22.8. The summed E-state index contributed by atoms with van der Waals surface area (Å²) in [6.07, 6.45) is 0.399. The van der Waals surface area contributed by atoms with E-state index in [4.69, 9.17) is 20.6 Å². The minimum atomic E-state index is -2.07. The van der Waals surface area contributed by atoms with Gasteiger partial charge in [-0.1, -0.05) is 32.9 Å². The summed E-state index contributed by atoms with van der Waals surface area (Å²) in [4.78, 5) is 26.1. The summed E-state index contributed by atoms with van der Waals surface area (Å²) in [6, 6.07) is 7.98. The van der Waals surface area contributed by atoms with E-state index in [-0.39, 0.29) is 22.5 Å². The monoisotopic (exact) mass is 433 g/mol. The third kappa shape index (κ3) is 4.55. The minimum absolute atomic E-state index is 0.0295. The Morgan fingerprint density at radius 1 is 1.23 bits per heavy atom. The lowest BCUT2D eigenvalue weighted by molar-refractivity contribution is -0.130. The molecule has 0 bridgehead atoms. The summed E-state index contributed by atoms with van der Waals surface area (Å²) in [5.41, 5.74) is 13.2. The molecule has 2 fully saturated rings. The Morgan fingerprint density at radius 2 is 1.83 bits per heavy atom. The van der Waals surface area contributed by atoms with Gasteiger partial charge in [0, 0.05) is 24.1 Å². The van der Waals surface area contributed by atoms with Crippen LogP contribution in [0.2, 0.25) is 18.1 Å². The van der Waals surface area contributed by atoms with E-state index >= 15 is 0 Å². The highest BCUT2D eigenvalue weighted by atomic mass is 28.4. The van der Waals surface area contributed by atoms with Crippen molar-refractivity contribution in [2.24, 2.45) is 11.5 Å². The molecule has 2 amide bonds. The largest absolute Gasteiger partial charge is 0.436 e. The van der Waals surface area contributed by atoms with Gasteiger partial charge in [0.15, 0.2) is 14.4 Å². The first-order valence-electron chi connectivity index (χ1n) is 10.6. The molecule has 2 unspecified atom stereocenters. The molecule has 1 aliphatic heterocycles. The number of primary amides is 1. The van der Waals surface area contributed by atoms with Gasteiger partial charge in [-0.15, -0.1) is 0 Å². The maximum Gasteiger partial charge on any atom is 0.405 e. The second-order valence-corrected chi connectivity index (χ2v) is 14.9. The molecule has 8 heteroatoms. The number of rotatable bonds is 6. The summed E-state index contributed by atoms with van der Waals surface area (Å²) in [7, 11) is -2.07. The zero-order valence-corrected chi connectivity index (χ0v) is 19.7. The topological polar surface area (TPSA) is 108 Å². The van der Waals surface area contributed by atoms with E-state index in [2.05, 4.69) is 33.9 Å². The molecule has 1 saturated carbocycles. The normalized spacial score (nSPS) is 23.9. The average molecular weight is 434 g/mol. The maximum absolute atomic E-state index is 13.0. The van der Waals surface area contributed by atoms with Crippen LogP contribution in [0, 0.1) is 0 Å². The zero-order chi connectivity index (χ0) is 22.3. The van der Waals surface area contributed by atoms with Crippen LogP contribution >= 0.6 is 0 Å². The predicted molar refractivity (Wildman–Crippen MR) is 120 cm³/mol. The molecule has 4 N–H and O–H groups in total. The van der Waals surface area contributed by atoms with E-state index in [0.29, 0.717) is 19.5 Å². The van der Waals surface area contributed by atoms with Crippen molar-refractivity contribution in [2.45, 2.75) is 75.8 Å². The van der Waals surface area contributed by atoms with Crippen LogP contribution in [0.25, 0.3) is 0 Å². The van der Waals surface area contributed by atoms with Gasteiger partial charge in [-0.2, -0.15) is 0 Å². The lowest BCUT2D eigenvalue weighted by Gasteiger charge is -2.43. The van der Waals surface area contributed by atoms with Gasteiger partial charge in [0.05, 0.1) is 12.6 Å². The number of carbonyl (C=O) groups is 2. The second kappa shape index (κ2) is 7.98. The summed E-state index contributed by atoms with van der Waals surface area (Å²) in [6.45, 7) is 11.9. The van der Waals surface area contributed by atoms with Crippen molar-refractivity contribution < 1.29 is 18.8 Å². The summed E-state index contributed by atoms with van der Waals surface area (Å²) in [5.74, 6) is -0.267. The molecule has 30 heavy (non-hydrogen) atoms. The van der Waals surface area contributed by atoms with Crippen molar-refractivity contribution in [3.05, 3.63) is 29.8 Å². The van der Waals surface area contributed by atoms with Gasteiger partial charge in [0.1, 0.15) is 0 Å². The molecule has 1 aliphatic carbocycles. The van der Waals surface area contributed by atoms with Crippen LogP contribution in [0.5, 0.6) is 0 Å². The van der Waals surface area contributed by atoms with Crippen LogP contribution in [-0.4, -0.2) is 45.6 Å². The molecule has 0 radical (unpaired) electrons. The molecule has 0 spiro atoms. The van der Waals surface area contributed by atoms with Gasteiger partial charge in [0.25, 0.3) is 5.91 Å². The first-order chi connectivity index (χ1) is 13.9. The van der Waals surface area contributed by atoms with E-state index in [1.54, 1.807) is 4.90 Å². The van der Waals surface area contributed by atoms with Gasteiger partial charge in [-0.25, -0.2) is 4.79 Å². The lowest BCUT2D eigenvalue weighted by Crippen LogP contribution is -2.56. The van der Waals surface area contributed by atoms with Gasteiger partial charge < -0.3 is 25.5 Å². The van der Waals surface area contributed by atoms with Gasteiger partial charge in [-0.05, 0) is 48.7 Å². The number of carbonyl (C=O) groups excluding carboxylic acids is 2. The first-order valence-corrected chi connectivity index (χ1v) is 13.6. The second-order valence-electron chi connectivity index (χ2n) is 10.1. The molecular weight excluding hydrogens is 398 g/mol. The van der Waals surface area contributed by atoms with Crippen molar-refractivity contribution in [1.82, 2.24) is 0 Å². The van der Waals surface area contributed by atoms with Gasteiger partial charge in [0.2, 0.25) is 0 Å². The van der Waals surface area contributed by atoms with Crippen LogP contribution in [0.3, 0.4) is 0 Å². The van der Waals surface area contributed by atoms with Crippen LogP contribution in [0.4, 0.5) is 10.5 Å². The molecule has 1 aromatic carbocycles. The fraction of sp³-hybridized carbons (Fsp3) is 0.636. The molecule has 3 rings (SSSR count). The number of anilines is 1. The molecular formula is C22H35N3O4Si. The smallest absolute Gasteiger partial charge is 0.405 e. The number of hydrogen-bond acceptors (Lipinski definition) is 5. The molecule has 7 nitrogen and oxygen atoms in total. The molecule has 1 saturated heterocycles. The van der Waals surface area contributed by atoms with E-state index < -0.39 is 20.5 Å². The van der Waals surface area contributed by atoms with Gasteiger partial charge in [-0.3, -0.25) is 4.79 Å². The molecule has 2 atom stereocenters. The van der Waals surface area contributed by atoms with E-state index in [1.165, 1.54) is 5.56 Å². The highest BCUT2D eigenvalue weighted by Gasteiger charge is 2.45. The Kier molecular flexibility index (Phi) is 6.06. The highest BCUT2D eigenvalue weighted by Crippen LogP contribution is 2.47. The number of ether oxygens (including phenoxy) is 1. The number of nitrogens with two attached hydrogens (primary N) is 2. The van der Waals surface area contributed by atoms with Crippen molar-refractivity contribution in [1.29, 1.82) is 0 Å². The highest BCUT2D eigenvalue weighted by molar-refractivity contribution is 6.74. The summed E-state index contributed by atoms with van der Waals surface area (Å²) in [5, 5.41) is 0.0295. The van der Waals surface area contributed by atoms with Crippen molar-refractivity contribution in [2.75, 3.05) is 18.0 Å². The lowest BCUT2D eigenvalue weighted by atomic mass is 9.95. The summed E-state index contributed by atoms with van der Waals surface area (Å²) < 4.78 is 11.7. The van der Waals surface area contributed by atoms with Crippen molar-refractivity contribution in [3.8, 4) is 0 Å². The number of benzene rings is 1. The van der Waals surface area contributed by atoms with Crippen LogP contribution in [0.15, 0.2) is 24.3 Å².